The molecule has 2 aromatic rings. The number of hydrogen-bond acceptors (Lipinski definition) is 6. The van der Waals surface area contributed by atoms with Gasteiger partial charge in [-0.3, -0.25) is 19.3 Å². The van der Waals surface area contributed by atoms with Crippen LogP contribution >= 0.6 is 0 Å². The van der Waals surface area contributed by atoms with Crippen LogP contribution in [0.2, 0.25) is 0 Å². The highest BCUT2D eigenvalue weighted by Crippen LogP contribution is 2.33. The van der Waals surface area contributed by atoms with Gasteiger partial charge in [0, 0.05) is 37.8 Å². The summed E-state index contributed by atoms with van der Waals surface area (Å²) in [6.45, 7) is 2.20. The zero-order chi connectivity index (χ0) is 22.7. The normalized spacial score (nSPS) is 16.4. The maximum Gasteiger partial charge on any atom is 0.265 e. The first-order valence-electron chi connectivity index (χ1n) is 10.4. The third-order valence-corrected chi connectivity index (χ3v) is 5.54. The Hall–Kier alpha value is -3.46. The predicted molar refractivity (Wildman–Crippen MR) is 115 cm³/mol. The minimum atomic E-state index is -0.458. The Morgan fingerprint density at radius 3 is 2.62 bits per heavy atom. The van der Waals surface area contributed by atoms with Crippen LogP contribution in [0.5, 0.6) is 11.5 Å². The molecule has 4 rings (SSSR count). The first kappa shape index (κ1) is 21.8. The van der Waals surface area contributed by atoms with Gasteiger partial charge < -0.3 is 19.3 Å². The summed E-state index contributed by atoms with van der Waals surface area (Å²) in [6.07, 6.45) is 0. The van der Waals surface area contributed by atoms with E-state index in [0.29, 0.717) is 30.1 Å². The van der Waals surface area contributed by atoms with Gasteiger partial charge in [-0.25, -0.2) is 4.39 Å². The van der Waals surface area contributed by atoms with Crippen molar-refractivity contribution in [3.63, 3.8) is 0 Å². The fraction of sp³-hybridized carbons (Fsp3) is 0.348. The Balaban J connectivity index is 1.47. The molecular formula is C23H24FN3O5. The zero-order valence-corrected chi connectivity index (χ0v) is 17.8. The van der Waals surface area contributed by atoms with Crippen molar-refractivity contribution >= 4 is 23.3 Å². The average Bonchev–Trinajstić information content (AvgIpc) is 2.79. The molecule has 32 heavy (non-hydrogen) atoms. The van der Waals surface area contributed by atoms with E-state index in [9.17, 15) is 18.8 Å². The molecule has 2 amide bonds. The van der Waals surface area contributed by atoms with Gasteiger partial charge in [-0.05, 0) is 37.4 Å². The van der Waals surface area contributed by atoms with Gasteiger partial charge in [0.05, 0.1) is 5.69 Å². The van der Waals surface area contributed by atoms with Gasteiger partial charge in [0.2, 0.25) is 5.91 Å². The number of carbonyl (C=O) groups is 3. The molecule has 1 saturated heterocycles. The van der Waals surface area contributed by atoms with E-state index < -0.39 is 5.82 Å². The molecule has 0 spiro atoms. The van der Waals surface area contributed by atoms with Crippen LogP contribution in [0.4, 0.5) is 10.1 Å². The van der Waals surface area contributed by atoms with Gasteiger partial charge in [0.25, 0.3) is 5.91 Å². The minimum absolute atomic E-state index is 0.115. The van der Waals surface area contributed by atoms with Crippen LogP contribution in [0.15, 0.2) is 42.5 Å². The van der Waals surface area contributed by atoms with Crippen molar-refractivity contribution in [2.75, 3.05) is 57.9 Å². The summed E-state index contributed by atoms with van der Waals surface area (Å²) in [5.41, 5.74) is 0.677. The molecule has 168 valence electrons. The number of fused-ring (bicyclic) bond motifs is 1. The van der Waals surface area contributed by atoms with E-state index in [-0.39, 0.29) is 43.1 Å². The molecular weight excluding hydrogens is 417 g/mol. The third kappa shape index (κ3) is 4.88. The number of nitrogens with zero attached hydrogens (tertiary/aromatic N) is 3. The number of likely N-dealkylation sites (N-methyl/N-ethyl adjacent to an activating group) is 1. The summed E-state index contributed by atoms with van der Waals surface area (Å²) in [5, 5.41) is 0. The van der Waals surface area contributed by atoms with E-state index >= 15 is 0 Å². The second-order valence-electron chi connectivity index (χ2n) is 7.80. The Morgan fingerprint density at radius 2 is 1.88 bits per heavy atom. The van der Waals surface area contributed by atoms with Crippen LogP contribution in [0.1, 0.15) is 10.4 Å². The average molecular weight is 441 g/mol. The van der Waals surface area contributed by atoms with Gasteiger partial charge in [-0.15, -0.1) is 0 Å². The smallest absolute Gasteiger partial charge is 0.265 e. The first-order valence-corrected chi connectivity index (χ1v) is 10.4. The predicted octanol–water partition coefficient (Wildman–Crippen LogP) is 1.59. The lowest BCUT2D eigenvalue weighted by Crippen LogP contribution is -2.52. The summed E-state index contributed by atoms with van der Waals surface area (Å²) in [4.78, 5) is 43.2. The molecule has 2 heterocycles. The van der Waals surface area contributed by atoms with E-state index in [4.69, 9.17) is 9.47 Å². The number of carbonyl (C=O) groups excluding carboxylic acids is 3. The molecule has 0 aliphatic carbocycles. The first-order chi connectivity index (χ1) is 15.4. The molecule has 9 heteroatoms. The number of hydrogen-bond donors (Lipinski definition) is 0. The van der Waals surface area contributed by atoms with Crippen molar-refractivity contribution in [1.29, 1.82) is 0 Å². The van der Waals surface area contributed by atoms with Crippen molar-refractivity contribution in [2.45, 2.75) is 0 Å². The van der Waals surface area contributed by atoms with Gasteiger partial charge in [0.15, 0.2) is 19.0 Å². The molecule has 0 N–H and O–H groups in total. The Labute approximate surface area is 185 Å². The summed E-state index contributed by atoms with van der Waals surface area (Å²) < 4.78 is 24.1. The largest absolute Gasteiger partial charge is 0.485 e. The van der Waals surface area contributed by atoms with Gasteiger partial charge in [0.1, 0.15) is 23.9 Å². The molecule has 0 aromatic heterocycles. The standard InChI is InChI=1S/C23H24FN3O5/c1-25-7-9-26(10-8-25)22(29)13-27-19-11-16(5-6-21(19)32-15-23(27)30)20(28)14-31-18-4-2-3-17(24)12-18/h2-6,11-12H,7-10,13-15H2,1H3. The number of ether oxygens (including phenoxy) is 2. The number of amides is 2. The third-order valence-electron chi connectivity index (χ3n) is 5.54. The molecule has 8 nitrogen and oxygen atoms in total. The molecule has 0 unspecified atom stereocenters. The quantitative estimate of drug-likeness (QED) is 0.634. The van der Waals surface area contributed by atoms with Crippen molar-refractivity contribution in [2.24, 2.45) is 0 Å². The van der Waals surface area contributed by atoms with Crippen LogP contribution in [0, 0.1) is 5.82 Å². The Bertz CT molecular complexity index is 1040. The van der Waals surface area contributed by atoms with Gasteiger partial charge >= 0.3 is 0 Å². The maximum atomic E-state index is 13.3. The number of piperazine rings is 1. The summed E-state index contributed by atoms with van der Waals surface area (Å²) >= 11 is 0. The van der Waals surface area contributed by atoms with Crippen LogP contribution in [-0.4, -0.2) is 80.4 Å². The minimum Gasteiger partial charge on any atom is -0.485 e. The number of benzene rings is 2. The lowest BCUT2D eigenvalue weighted by molar-refractivity contribution is -0.133. The Kier molecular flexibility index (Phi) is 6.36. The fourth-order valence-corrected chi connectivity index (χ4v) is 3.63. The number of ketones is 1. The highest BCUT2D eigenvalue weighted by atomic mass is 19.1. The van der Waals surface area contributed by atoms with Crippen LogP contribution < -0.4 is 14.4 Å². The SMILES string of the molecule is CN1CCN(C(=O)CN2C(=O)COc3ccc(C(=O)COc4cccc(F)c4)cc32)CC1. The monoisotopic (exact) mass is 441 g/mol. The summed E-state index contributed by atoms with van der Waals surface area (Å²) in [5.74, 6) is -0.626. The molecule has 0 atom stereocenters. The zero-order valence-electron chi connectivity index (χ0n) is 17.8. The molecule has 0 saturated carbocycles. The number of rotatable bonds is 6. The van der Waals surface area contributed by atoms with Crippen LogP contribution in [-0.2, 0) is 9.59 Å². The topological polar surface area (TPSA) is 79.4 Å². The van der Waals surface area contributed by atoms with Crippen molar-refractivity contribution in [3.05, 3.63) is 53.8 Å². The number of halogens is 1. The van der Waals surface area contributed by atoms with E-state index in [1.165, 1.54) is 29.2 Å². The van der Waals surface area contributed by atoms with E-state index in [1.807, 2.05) is 7.05 Å². The molecule has 1 fully saturated rings. The molecule has 0 bridgehead atoms. The fourth-order valence-electron chi connectivity index (χ4n) is 3.63. The van der Waals surface area contributed by atoms with Crippen molar-refractivity contribution < 1.29 is 28.2 Å². The lowest BCUT2D eigenvalue weighted by atomic mass is 10.1. The van der Waals surface area contributed by atoms with Crippen LogP contribution in [0.25, 0.3) is 0 Å². The van der Waals surface area contributed by atoms with E-state index in [2.05, 4.69) is 4.90 Å². The lowest BCUT2D eigenvalue weighted by Gasteiger charge is -2.35. The number of Topliss-reactive ketones (excluding diaryl/α,β-unsaturated/α-hetero) is 1. The molecule has 0 radical (unpaired) electrons. The van der Waals surface area contributed by atoms with Crippen molar-refractivity contribution in [3.8, 4) is 11.5 Å². The highest BCUT2D eigenvalue weighted by molar-refractivity contribution is 6.04. The second kappa shape index (κ2) is 9.35. The highest BCUT2D eigenvalue weighted by Gasteiger charge is 2.30. The second-order valence-corrected chi connectivity index (χ2v) is 7.80. The van der Waals surface area contributed by atoms with Crippen molar-refractivity contribution in [1.82, 2.24) is 9.80 Å². The number of anilines is 1. The van der Waals surface area contributed by atoms with E-state index in [0.717, 1.165) is 13.1 Å². The van der Waals surface area contributed by atoms with Gasteiger partial charge in [-0.1, -0.05) is 6.07 Å². The Morgan fingerprint density at radius 1 is 1.09 bits per heavy atom. The molecule has 2 aromatic carbocycles. The molecule has 2 aliphatic rings. The van der Waals surface area contributed by atoms with Crippen LogP contribution in [0.3, 0.4) is 0 Å². The maximum absolute atomic E-state index is 13.3. The molecule has 2 aliphatic heterocycles. The van der Waals surface area contributed by atoms with Gasteiger partial charge in [-0.2, -0.15) is 0 Å². The summed E-state index contributed by atoms with van der Waals surface area (Å²) in [7, 11) is 2.00. The van der Waals surface area contributed by atoms with E-state index in [1.54, 1.807) is 23.1 Å². The summed E-state index contributed by atoms with van der Waals surface area (Å²) in [6, 6.07) is 10.2.